The molecule has 4 aliphatic rings. The highest BCUT2D eigenvalue weighted by molar-refractivity contribution is 5.94. The molecule has 0 heterocycles. The summed E-state index contributed by atoms with van der Waals surface area (Å²) in [6.45, 7) is 2.27. The van der Waals surface area contributed by atoms with Crippen LogP contribution in [0.15, 0.2) is 71.3 Å². The van der Waals surface area contributed by atoms with E-state index in [2.05, 4.69) is 67.3 Å². The molecule has 2 aromatic rings. The zero-order valence-electron chi connectivity index (χ0n) is 24.6. The van der Waals surface area contributed by atoms with Crippen LogP contribution in [0.3, 0.4) is 0 Å². The number of fused-ring (bicyclic) bond motifs is 4. The molecule has 2 fully saturated rings. The first-order valence-corrected chi connectivity index (χ1v) is 15.0. The van der Waals surface area contributed by atoms with Crippen molar-refractivity contribution < 1.29 is 14.7 Å². The average Bonchev–Trinajstić information content (AvgIpc) is 3.25. The molecule has 41 heavy (non-hydrogen) atoms. The van der Waals surface area contributed by atoms with E-state index in [0.717, 1.165) is 37.7 Å². The Morgan fingerprint density at radius 2 is 1.76 bits per heavy atom. The molecule has 1 amide bonds. The van der Waals surface area contributed by atoms with Crippen LogP contribution in [0.4, 0.5) is 5.69 Å². The Morgan fingerprint density at radius 1 is 1.02 bits per heavy atom. The molecule has 0 spiro atoms. The van der Waals surface area contributed by atoms with Gasteiger partial charge in [0.2, 0.25) is 0 Å². The monoisotopic (exact) mass is 548 g/mol. The van der Waals surface area contributed by atoms with E-state index < -0.39 is 5.60 Å². The van der Waals surface area contributed by atoms with Crippen molar-refractivity contribution in [1.82, 2.24) is 5.32 Å². The lowest BCUT2D eigenvalue weighted by atomic mass is 9.51. The van der Waals surface area contributed by atoms with Gasteiger partial charge in [-0.1, -0.05) is 36.5 Å². The number of carbonyl (C=O) groups is 2. The number of hydrogen-bond acceptors (Lipinski definition) is 4. The molecule has 6 rings (SSSR count). The number of aliphatic hydroxyl groups is 1. The number of rotatable bonds is 3. The predicted octanol–water partition coefficient (Wildman–Crippen LogP) is 5.79. The number of anilines is 1. The van der Waals surface area contributed by atoms with Gasteiger partial charge in [-0.05, 0) is 110 Å². The Morgan fingerprint density at radius 3 is 2.44 bits per heavy atom. The maximum absolute atomic E-state index is 12.3. The summed E-state index contributed by atoms with van der Waals surface area (Å²) in [7, 11) is 5.74. The summed E-state index contributed by atoms with van der Waals surface area (Å²) >= 11 is 0. The van der Waals surface area contributed by atoms with E-state index in [1.54, 1.807) is 19.2 Å². The summed E-state index contributed by atoms with van der Waals surface area (Å²) in [6, 6.07) is 16.2. The van der Waals surface area contributed by atoms with Crippen molar-refractivity contribution in [2.75, 3.05) is 26.0 Å². The molecule has 0 bridgehead atoms. The lowest BCUT2D eigenvalue weighted by molar-refractivity contribution is -0.114. The molecule has 2 saturated carbocycles. The zero-order chi connectivity index (χ0) is 28.9. The number of hydrogen-bond donors (Lipinski definition) is 2. The quantitative estimate of drug-likeness (QED) is 0.476. The summed E-state index contributed by atoms with van der Waals surface area (Å²) in [5, 5.41) is 15.0. The number of nitrogens with one attached hydrogen (secondary N) is 1. The second-order valence-electron chi connectivity index (χ2n) is 12.8. The predicted molar refractivity (Wildman–Crippen MR) is 163 cm³/mol. The molecule has 0 saturated heterocycles. The summed E-state index contributed by atoms with van der Waals surface area (Å²) < 4.78 is 0. The van der Waals surface area contributed by atoms with Crippen LogP contribution in [-0.4, -0.2) is 43.5 Å². The summed E-state index contributed by atoms with van der Waals surface area (Å²) in [5.74, 6) is 7.67. The van der Waals surface area contributed by atoms with E-state index >= 15 is 0 Å². The third-order valence-electron chi connectivity index (χ3n) is 10.5. The highest BCUT2D eigenvalue weighted by Crippen LogP contribution is 2.66. The normalized spacial score (nSPS) is 30.3. The van der Waals surface area contributed by atoms with Crippen molar-refractivity contribution in [3.05, 3.63) is 88.0 Å². The van der Waals surface area contributed by atoms with Crippen molar-refractivity contribution >= 4 is 17.4 Å². The van der Waals surface area contributed by atoms with Gasteiger partial charge in [0.15, 0.2) is 5.78 Å². The lowest BCUT2D eigenvalue weighted by Crippen LogP contribution is -2.51. The molecule has 4 aliphatic carbocycles. The topological polar surface area (TPSA) is 69.6 Å². The number of nitrogens with zero attached hydrogens (tertiary/aromatic N) is 1. The standard InChI is InChI=1S/C36H40N2O3/c1-35-22-31(24-9-12-27(13-10-24)38(3)4)33-29-16-14-28(39)21-26(29)11-15-30(33)32(35)18-20-36(35,41)19-17-23-5-7-25(8-6-23)34(40)37-2/h5-10,12-13,21,30-32,41H,11,14-16,18,20,22H2,1-4H3,(H,37,40)/t30?,31-,32?,35+,36+/m1/s1. The van der Waals surface area contributed by atoms with Crippen LogP contribution in [-0.2, 0) is 4.79 Å². The first-order valence-electron chi connectivity index (χ1n) is 15.0. The summed E-state index contributed by atoms with van der Waals surface area (Å²) in [6.07, 6.45) is 7.74. The van der Waals surface area contributed by atoms with Crippen molar-refractivity contribution in [3.8, 4) is 11.8 Å². The molecule has 5 nitrogen and oxygen atoms in total. The minimum atomic E-state index is -1.10. The summed E-state index contributed by atoms with van der Waals surface area (Å²) in [4.78, 5) is 26.4. The molecule has 212 valence electrons. The van der Waals surface area contributed by atoms with E-state index in [9.17, 15) is 14.7 Å². The van der Waals surface area contributed by atoms with Crippen LogP contribution in [0.5, 0.6) is 0 Å². The van der Waals surface area contributed by atoms with Gasteiger partial charge in [-0.25, -0.2) is 0 Å². The molecule has 0 aromatic heterocycles. The third-order valence-corrected chi connectivity index (χ3v) is 10.5. The molecular formula is C36H40N2O3. The second kappa shape index (κ2) is 10.3. The van der Waals surface area contributed by atoms with Crippen LogP contribution in [0.1, 0.15) is 79.3 Å². The molecule has 0 aliphatic heterocycles. The van der Waals surface area contributed by atoms with Gasteiger partial charge in [0.05, 0.1) is 0 Å². The van der Waals surface area contributed by atoms with Crippen molar-refractivity contribution in [2.45, 2.75) is 63.4 Å². The first-order chi connectivity index (χ1) is 19.6. The number of amides is 1. The van der Waals surface area contributed by atoms with Crippen molar-refractivity contribution in [2.24, 2.45) is 17.3 Å². The Labute approximate surface area is 243 Å². The number of carbonyl (C=O) groups excluding carboxylic acids is 2. The maximum Gasteiger partial charge on any atom is 0.251 e. The first kappa shape index (κ1) is 27.5. The number of benzene rings is 2. The largest absolute Gasteiger partial charge is 0.378 e. The fourth-order valence-electron chi connectivity index (χ4n) is 8.20. The van der Waals surface area contributed by atoms with Gasteiger partial charge in [0.25, 0.3) is 5.91 Å². The van der Waals surface area contributed by atoms with Crippen LogP contribution in [0.2, 0.25) is 0 Å². The maximum atomic E-state index is 12.3. The Bertz CT molecular complexity index is 1500. The molecular weight excluding hydrogens is 508 g/mol. The Hall–Kier alpha value is -3.62. The van der Waals surface area contributed by atoms with Crippen LogP contribution in [0.25, 0.3) is 0 Å². The van der Waals surface area contributed by atoms with Gasteiger partial charge in [-0.15, -0.1) is 0 Å². The fourth-order valence-corrected chi connectivity index (χ4v) is 8.20. The van der Waals surface area contributed by atoms with Crippen molar-refractivity contribution in [1.29, 1.82) is 0 Å². The highest BCUT2D eigenvalue weighted by atomic mass is 16.3. The second-order valence-corrected chi connectivity index (χ2v) is 12.8. The molecule has 5 atom stereocenters. The van der Waals surface area contributed by atoms with E-state index in [0.29, 0.717) is 30.2 Å². The zero-order valence-corrected chi connectivity index (χ0v) is 24.6. The van der Waals surface area contributed by atoms with Gasteiger partial charge < -0.3 is 15.3 Å². The van der Waals surface area contributed by atoms with Gasteiger partial charge in [-0.2, -0.15) is 0 Å². The number of allylic oxidation sites excluding steroid dienone is 4. The van der Waals surface area contributed by atoms with Gasteiger partial charge >= 0.3 is 0 Å². The van der Waals surface area contributed by atoms with Crippen LogP contribution < -0.4 is 10.2 Å². The molecule has 2 N–H and O–H groups in total. The minimum absolute atomic E-state index is 0.126. The Kier molecular flexibility index (Phi) is 6.94. The van der Waals surface area contributed by atoms with Gasteiger partial charge in [0.1, 0.15) is 5.60 Å². The minimum Gasteiger partial charge on any atom is -0.378 e. The van der Waals surface area contributed by atoms with E-state index in [4.69, 9.17) is 0 Å². The fraction of sp³-hybridized carbons (Fsp3) is 0.444. The average molecular weight is 549 g/mol. The van der Waals surface area contributed by atoms with Gasteiger partial charge in [0, 0.05) is 55.7 Å². The molecule has 5 heteroatoms. The van der Waals surface area contributed by atoms with E-state index in [1.807, 2.05) is 18.2 Å². The lowest BCUT2D eigenvalue weighted by Gasteiger charge is -2.53. The van der Waals surface area contributed by atoms with Gasteiger partial charge in [-0.3, -0.25) is 9.59 Å². The Balaban J connectivity index is 1.41. The molecule has 0 radical (unpaired) electrons. The highest BCUT2D eigenvalue weighted by Gasteiger charge is 2.62. The SMILES string of the molecule is CNC(=O)c1ccc(C#C[C@]2(O)CCC3C4CCC5=CC(=O)CCC5=C4[C@@H](c4ccc(N(C)C)cc4)C[C@@]32C)cc1. The molecule has 2 unspecified atom stereocenters. The van der Waals surface area contributed by atoms with E-state index in [1.165, 1.54) is 28.0 Å². The summed E-state index contributed by atoms with van der Waals surface area (Å²) in [5.41, 5.74) is 6.57. The van der Waals surface area contributed by atoms with E-state index in [-0.39, 0.29) is 23.0 Å². The number of ketones is 1. The van der Waals surface area contributed by atoms with Crippen LogP contribution >= 0.6 is 0 Å². The molecule has 2 aromatic carbocycles. The van der Waals surface area contributed by atoms with Crippen molar-refractivity contribution in [3.63, 3.8) is 0 Å². The smallest absolute Gasteiger partial charge is 0.251 e. The third kappa shape index (κ3) is 4.63. The van der Waals surface area contributed by atoms with Crippen LogP contribution in [0, 0.1) is 29.1 Å².